The van der Waals surface area contributed by atoms with Gasteiger partial charge in [-0.2, -0.15) is 0 Å². The molecule has 0 aromatic carbocycles. The fourth-order valence-electron chi connectivity index (χ4n) is 0.998. The molecule has 13 heavy (non-hydrogen) atoms. The number of hydrogen-bond donors (Lipinski definition) is 0. The van der Waals surface area contributed by atoms with E-state index in [2.05, 4.69) is 22.9 Å². The van der Waals surface area contributed by atoms with Crippen LogP contribution in [0.2, 0.25) is 0 Å². The minimum Gasteiger partial charge on any atom is -0.462 e. The van der Waals surface area contributed by atoms with Gasteiger partial charge in [0, 0.05) is 0 Å². The Kier molecular flexibility index (Phi) is 7.33. The molecule has 0 spiro atoms. The second-order valence-electron chi connectivity index (χ2n) is 3.45. The fourth-order valence-corrected chi connectivity index (χ4v) is 1.43. The standard InChI is InChI=1S/C10H19BrO2/c1-4-5-6-7-9(11)10(12)13-8(2)3/h8-9H,4-7H2,1-3H3. The molecule has 0 amide bonds. The number of alkyl halides is 1. The Morgan fingerprint density at radius 1 is 1.38 bits per heavy atom. The van der Waals surface area contributed by atoms with E-state index in [-0.39, 0.29) is 16.9 Å². The van der Waals surface area contributed by atoms with Gasteiger partial charge in [0.15, 0.2) is 0 Å². The summed E-state index contributed by atoms with van der Waals surface area (Å²) in [4.78, 5) is 11.2. The molecule has 0 saturated heterocycles. The van der Waals surface area contributed by atoms with Crippen LogP contribution in [0.4, 0.5) is 0 Å². The van der Waals surface area contributed by atoms with Crippen LogP contribution in [0.15, 0.2) is 0 Å². The van der Waals surface area contributed by atoms with Crippen molar-refractivity contribution in [2.45, 2.75) is 57.4 Å². The number of esters is 1. The number of carbonyl (C=O) groups excluding carboxylic acids is 1. The summed E-state index contributed by atoms with van der Waals surface area (Å²) in [5, 5.41) is 0. The van der Waals surface area contributed by atoms with Crippen LogP contribution in [0.25, 0.3) is 0 Å². The Morgan fingerprint density at radius 2 is 2.00 bits per heavy atom. The van der Waals surface area contributed by atoms with Crippen molar-refractivity contribution in [2.24, 2.45) is 0 Å². The average Bonchev–Trinajstić information content (AvgIpc) is 2.03. The van der Waals surface area contributed by atoms with Gasteiger partial charge in [-0.3, -0.25) is 4.79 Å². The molecule has 0 rings (SSSR count). The van der Waals surface area contributed by atoms with Gasteiger partial charge in [0.1, 0.15) is 4.83 Å². The van der Waals surface area contributed by atoms with Crippen molar-refractivity contribution < 1.29 is 9.53 Å². The largest absolute Gasteiger partial charge is 0.462 e. The lowest BCUT2D eigenvalue weighted by atomic mass is 10.1. The quantitative estimate of drug-likeness (QED) is 0.411. The molecule has 1 unspecified atom stereocenters. The van der Waals surface area contributed by atoms with Gasteiger partial charge >= 0.3 is 5.97 Å². The molecule has 0 N–H and O–H groups in total. The molecular formula is C10H19BrO2. The molecule has 0 fully saturated rings. The molecule has 78 valence electrons. The Labute approximate surface area is 89.2 Å². The predicted molar refractivity (Wildman–Crippen MR) is 58.1 cm³/mol. The number of hydrogen-bond acceptors (Lipinski definition) is 2. The van der Waals surface area contributed by atoms with Gasteiger partial charge in [0.2, 0.25) is 0 Å². The molecule has 0 bridgehead atoms. The maximum atomic E-state index is 11.3. The highest BCUT2D eigenvalue weighted by Crippen LogP contribution is 2.13. The lowest BCUT2D eigenvalue weighted by molar-refractivity contribution is -0.146. The van der Waals surface area contributed by atoms with E-state index in [4.69, 9.17) is 4.74 Å². The van der Waals surface area contributed by atoms with E-state index < -0.39 is 0 Å². The van der Waals surface area contributed by atoms with Gasteiger partial charge in [-0.1, -0.05) is 42.1 Å². The average molecular weight is 251 g/mol. The van der Waals surface area contributed by atoms with Crippen molar-refractivity contribution in [3.05, 3.63) is 0 Å². The summed E-state index contributed by atoms with van der Waals surface area (Å²) < 4.78 is 5.06. The third-order valence-electron chi connectivity index (χ3n) is 1.67. The van der Waals surface area contributed by atoms with Gasteiger partial charge in [-0.05, 0) is 20.3 Å². The number of carbonyl (C=O) groups is 1. The Balaban J connectivity index is 3.57. The number of rotatable bonds is 6. The lowest BCUT2D eigenvalue weighted by Gasteiger charge is -2.12. The van der Waals surface area contributed by atoms with E-state index in [1.807, 2.05) is 13.8 Å². The zero-order chi connectivity index (χ0) is 10.3. The molecule has 0 radical (unpaired) electrons. The van der Waals surface area contributed by atoms with Crippen molar-refractivity contribution in [2.75, 3.05) is 0 Å². The van der Waals surface area contributed by atoms with Gasteiger partial charge in [0.05, 0.1) is 6.10 Å². The maximum Gasteiger partial charge on any atom is 0.319 e. The summed E-state index contributed by atoms with van der Waals surface area (Å²) in [5.74, 6) is -0.133. The third-order valence-corrected chi connectivity index (χ3v) is 2.50. The molecule has 0 aliphatic rings. The van der Waals surface area contributed by atoms with Gasteiger partial charge in [-0.25, -0.2) is 0 Å². The smallest absolute Gasteiger partial charge is 0.319 e. The first-order valence-electron chi connectivity index (χ1n) is 4.92. The van der Waals surface area contributed by atoms with Crippen LogP contribution < -0.4 is 0 Å². The molecule has 1 atom stereocenters. The van der Waals surface area contributed by atoms with Gasteiger partial charge in [-0.15, -0.1) is 0 Å². The Morgan fingerprint density at radius 3 is 2.46 bits per heavy atom. The van der Waals surface area contributed by atoms with Crippen LogP contribution >= 0.6 is 15.9 Å². The third kappa shape index (κ3) is 7.05. The van der Waals surface area contributed by atoms with E-state index in [0.717, 1.165) is 12.8 Å². The van der Waals surface area contributed by atoms with Crippen molar-refractivity contribution >= 4 is 21.9 Å². The van der Waals surface area contributed by atoms with Gasteiger partial charge in [0.25, 0.3) is 0 Å². The predicted octanol–water partition coefficient (Wildman–Crippen LogP) is 3.28. The van der Waals surface area contributed by atoms with Crippen LogP contribution in [0.5, 0.6) is 0 Å². The van der Waals surface area contributed by atoms with Crippen molar-refractivity contribution in [1.29, 1.82) is 0 Å². The SMILES string of the molecule is CCCCCC(Br)C(=O)OC(C)C. The van der Waals surface area contributed by atoms with Crippen LogP contribution in [-0.2, 0) is 9.53 Å². The molecule has 0 saturated carbocycles. The first-order chi connectivity index (χ1) is 6.07. The Bertz CT molecular complexity index is 146. The van der Waals surface area contributed by atoms with Crippen LogP contribution in [-0.4, -0.2) is 16.9 Å². The topological polar surface area (TPSA) is 26.3 Å². The summed E-state index contributed by atoms with van der Waals surface area (Å²) in [6, 6.07) is 0. The van der Waals surface area contributed by atoms with E-state index in [0.29, 0.717) is 0 Å². The Hall–Kier alpha value is -0.0500. The second kappa shape index (κ2) is 7.36. The number of unbranched alkanes of at least 4 members (excludes halogenated alkanes) is 2. The lowest BCUT2D eigenvalue weighted by Crippen LogP contribution is -2.20. The number of ether oxygens (including phenoxy) is 1. The molecule has 0 heterocycles. The van der Waals surface area contributed by atoms with E-state index in [9.17, 15) is 4.79 Å². The number of halogens is 1. The molecular weight excluding hydrogens is 232 g/mol. The van der Waals surface area contributed by atoms with Crippen molar-refractivity contribution in [3.63, 3.8) is 0 Å². The highest BCUT2D eigenvalue weighted by Gasteiger charge is 2.16. The zero-order valence-corrected chi connectivity index (χ0v) is 10.3. The van der Waals surface area contributed by atoms with Crippen molar-refractivity contribution in [1.82, 2.24) is 0 Å². The van der Waals surface area contributed by atoms with Crippen LogP contribution in [0.3, 0.4) is 0 Å². The summed E-state index contributed by atoms with van der Waals surface area (Å²) in [5.41, 5.74) is 0. The van der Waals surface area contributed by atoms with E-state index in [1.54, 1.807) is 0 Å². The monoisotopic (exact) mass is 250 g/mol. The first-order valence-corrected chi connectivity index (χ1v) is 5.84. The van der Waals surface area contributed by atoms with Crippen LogP contribution in [0, 0.1) is 0 Å². The van der Waals surface area contributed by atoms with Crippen LogP contribution in [0.1, 0.15) is 46.5 Å². The normalized spacial score (nSPS) is 13.0. The molecule has 3 heteroatoms. The summed E-state index contributed by atoms with van der Waals surface area (Å²) in [7, 11) is 0. The van der Waals surface area contributed by atoms with E-state index in [1.165, 1.54) is 12.8 Å². The van der Waals surface area contributed by atoms with Gasteiger partial charge < -0.3 is 4.74 Å². The second-order valence-corrected chi connectivity index (χ2v) is 4.55. The minimum atomic E-state index is -0.133. The molecule has 0 aromatic rings. The highest BCUT2D eigenvalue weighted by molar-refractivity contribution is 9.10. The first kappa shape index (κ1) is 12.9. The molecule has 0 aliphatic carbocycles. The summed E-state index contributed by atoms with van der Waals surface area (Å²) in [6.07, 6.45) is 4.30. The van der Waals surface area contributed by atoms with Crippen molar-refractivity contribution in [3.8, 4) is 0 Å². The van der Waals surface area contributed by atoms with E-state index >= 15 is 0 Å². The molecule has 2 nitrogen and oxygen atoms in total. The molecule has 0 aliphatic heterocycles. The maximum absolute atomic E-state index is 11.3. The zero-order valence-electron chi connectivity index (χ0n) is 8.68. The minimum absolute atomic E-state index is 0.0151. The molecule has 0 aromatic heterocycles. The highest BCUT2D eigenvalue weighted by atomic mass is 79.9. The fraction of sp³-hybridized carbons (Fsp3) is 0.900. The summed E-state index contributed by atoms with van der Waals surface area (Å²) in [6.45, 7) is 5.88. The summed E-state index contributed by atoms with van der Waals surface area (Å²) >= 11 is 3.33.